The highest BCUT2D eigenvalue weighted by molar-refractivity contribution is 5.97. The number of nitrogens with zero attached hydrogens (tertiary/aromatic N) is 3. The van der Waals surface area contributed by atoms with Crippen LogP contribution >= 0.6 is 0 Å². The highest BCUT2D eigenvalue weighted by atomic mass is 16.5. The van der Waals surface area contributed by atoms with Gasteiger partial charge in [0, 0.05) is 38.9 Å². The molecule has 2 saturated heterocycles. The number of amides is 1. The van der Waals surface area contributed by atoms with Crippen molar-refractivity contribution in [1.29, 1.82) is 0 Å². The van der Waals surface area contributed by atoms with Gasteiger partial charge in [-0.1, -0.05) is 18.2 Å². The van der Waals surface area contributed by atoms with E-state index in [-0.39, 0.29) is 12.0 Å². The molecule has 1 atom stereocenters. The third-order valence-electron chi connectivity index (χ3n) is 5.74. The van der Waals surface area contributed by atoms with Gasteiger partial charge in [-0.15, -0.1) is 0 Å². The first kappa shape index (κ1) is 19.9. The summed E-state index contributed by atoms with van der Waals surface area (Å²) >= 11 is 0. The average molecular weight is 396 g/mol. The Morgan fingerprint density at radius 3 is 2.62 bits per heavy atom. The lowest BCUT2D eigenvalue weighted by molar-refractivity contribution is 0.0463. The predicted octanol–water partition coefficient (Wildman–Crippen LogP) is 2.72. The Balaban J connectivity index is 1.35. The molecule has 3 heterocycles. The molecule has 0 aliphatic carbocycles. The zero-order chi connectivity index (χ0) is 20.1. The van der Waals surface area contributed by atoms with Crippen LogP contribution in [0.15, 0.2) is 48.7 Å². The van der Waals surface area contributed by atoms with Crippen molar-refractivity contribution in [3.63, 3.8) is 0 Å². The van der Waals surface area contributed by atoms with Crippen LogP contribution in [0.25, 0.3) is 0 Å². The Bertz CT molecular complexity index is 806. The zero-order valence-electron chi connectivity index (χ0n) is 16.7. The molecule has 0 spiro atoms. The van der Waals surface area contributed by atoms with Crippen molar-refractivity contribution >= 4 is 5.91 Å². The van der Waals surface area contributed by atoms with E-state index in [2.05, 4.69) is 16.0 Å². The van der Waals surface area contributed by atoms with E-state index in [0.29, 0.717) is 24.4 Å². The summed E-state index contributed by atoms with van der Waals surface area (Å²) in [4.78, 5) is 21.5. The van der Waals surface area contributed by atoms with E-state index in [9.17, 15) is 9.90 Å². The highest BCUT2D eigenvalue weighted by Gasteiger charge is 2.27. The number of benzene rings is 1. The number of ether oxygens (including phenoxy) is 1. The van der Waals surface area contributed by atoms with Crippen LogP contribution in [0.3, 0.4) is 0 Å². The molecule has 1 N–H and O–H groups in total. The van der Waals surface area contributed by atoms with Crippen molar-refractivity contribution in [3.05, 3.63) is 59.9 Å². The molecule has 1 aromatic carbocycles. The molecule has 2 fully saturated rings. The molecule has 6 heteroatoms. The number of aliphatic hydroxyl groups is 1. The second-order valence-electron chi connectivity index (χ2n) is 7.96. The fourth-order valence-corrected chi connectivity index (χ4v) is 4.14. The van der Waals surface area contributed by atoms with Gasteiger partial charge in [-0.3, -0.25) is 14.7 Å². The molecular formula is C23H29N3O3. The zero-order valence-corrected chi connectivity index (χ0v) is 16.7. The third-order valence-corrected chi connectivity index (χ3v) is 5.74. The molecule has 2 aromatic rings. The number of pyridine rings is 1. The Hall–Kier alpha value is -2.44. The Morgan fingerprint density at radius 2 is 1.86 bits per heavy atom. The van der Waals surface area contributed by atoms with Crippen molar-refractivity contribution in [2.24, 2.45) is 0 Å². The second-order valence-corrected chi connectivity index (χ2v) is 7.96. The number of carbonyl (C=O) groups excluding carboxylic acids is 1. The van der Waals surface area contributed by atoms with E-state index in [1.807, 2.05) is 42.6 Å². The van der Waals surface area contributed by atoms with Crippen molar-refractivity contribution in [1.82, 2.24) is 14.8 Å². The fraction of sp³-hybridized carbons (Fsp3) is 0.478. The largest absolute Gasteiger partial charge is 0.489 e. The molecule has 2 aliphatic heterocycles. The van der Waals surface area contributed by atoms with Gasteiger partial charge in [-0.05, 0) is 49.9 Å². The summed E-state index contributed by atoms with van der Waals surface area (Å²) < 4.78 is 6.27. The van der Waals surface area contributed by atoms with Crippen molar-refractivity contribution in [3.8, 4) is 5.75 Å². The Kier molecular flexibility index (Phi) is 6.42. The van der Waals surface area contributed by atoms with E-state index >= 15 is 0 Å². The molecule has 0 radical (unpaired) electrons. The Morgan fingerprint density at radius 1 is 1.07 bits per heavy atom. The van der Waals surface area contributed by atoms with Gasteiger partial charge in [-0.25, -0.2) is 0 Å². The maximum Gasteiger partial charge on any atom is 0.257 e. The summed E-state index contributed by atoms with van der Waals surface area (Å²) in [7, 11) is 0. The molecule has 1 unspecified atom stereocenters. The number of aromatic nitrogens is 1. The summed E-state index contributed by atoms with van der Waals surface area (Å²) in [5, 5.41) is 9.90. The monoisotopic (exact) mass is 395 g/mol. The lowest BCUT2D eigenvalue weighted by atomic mass is 10.1. The summed E-state index contributed by atoms with van der Waals surface area (Å²) in [6.45, 7) is 3.86. The topological polar surface area (TPSA) is 65.9 Å². The first-order chi connectivity index (χ1) is 14.2. The quantitative estimate of drug-likeness (QED) is 0.843. The number of likely N-dealkylation sites (tertiary alicyclic amines) is 2. The number of aliphatic hydroxyl groups excluding tert-OH is 1. The molecular weight excluding hydrogens is 366 g/mol. The number of hydrogen-bond donors (Lipinski definition) is 1. The van der Waals surface area contributed by atoms with E-state index in [1.54, 1.807) is 4.90 Å². The summed E-state index contributed by atoms with van der Waals surface area (Å²) in [6, 6.07) is 13.5. The predicted molar refractivity (Wildman–Crippen MR) is 111 cm³/mol. The number of para-hydroxylation sites is 1. The van der Waals surface area contributed by atoms with Crippen molar-refractivity contribution < 1.29 is 14.6 Å². The number of rotatable bonds is 5. The average Bonchev–Trinajstić information content (AvgIpc) is 2.76. The van der Waals surface area contributed by atoms with Crippen LogP contribution in [0.1, 0.15) is 41.7 Å². The summed E-state index contributed by atoms with van der Waals surface area (Å²) in [6.07, 6.45) is 4.97. The minimum absolute atomic E-state index is 0.0491. The van der Waals surface area contributed by atoms with Crippen molar-refractivity contribution in [2.75, 3.05) is 26.2 Å². The number of piperidine rings is 2. The van der Waals surface area contributed by atoms with E-state index < -0.39 is 6.10 Å². The molecule has 2 aliphatic rings. The van der Waals surface area contributed by atoms with Crippen molar-refractivity contribution in [2.45, 2.75) is 44.4 Å². The minimum atomic E-state index is -0.427. The number of carbonyl (C=O) groups is 1. The molecule has 0 bridgehead atoms. The highest BCUT2D eigenvalue weighted by Crippen LogP contribution is 2.26. The summed E-state index contributed by atoms with van der Waals surface area (Å²) in [5.74, 6) is 0.604. The van der Waals surface area contributed by atoms with Crippen LogP contribution in [0.4, 0.5) is 0 Å². The van der Waals surface area contributed by atoms with Gasteiger partial charge >= 0.3 is 0 Å². The third kappa shape index (κ3) is 5.14. The first-order valence-corrected chi connectivity index (χ1v) is 10.5. The van der Waals surface area contributed by atoms with Gasteiger partial charge in [0.2, 0.25) is 0 Å². The summed E-state index contributed by atoms with van der Waals surface area (Å²) in [5.41, 5.74) is 1.68. The molecule has 0 saturated carbocycles. The second kappa shape index (κ2) is 9.37. The Labute approximate surface area is 172 Å². The smallest absolute Gasteiger partial charge is 0.257 e. The maximum atomic E-state index is 13.0. The molecule has 1 aromatic heterocycles. The maximum absolute atomic E-state index is 13.0. The standard InChI is InChI=1S/C23H29N3O3/c27-19-7-5-13-26(17-19)23(28)21-8-1-2-9-22(21)29-20-10-14-25(15-11-20)16-18-6-3-4-12-24-18/h1-4,6,8-9,12,19-20,27H,5,7,10-11,13-17H2. The SMILES string of the molecule is O=C(c1ccccc1OC1CCN(Cc2ccccn2)CC1)N1CCCC(O)C1. The lowest BCUT2D eigenvalue weighted by Gasteiger charge is -2.33. The number of β-amino-alcohol motifs (C(OH)–C–C–N with tert-alkyl or cyclic N) is 1. The minimum Gasteiger partial charge on any atom is -0.489 e. The van der Waals surface area contributed by atoms with Gasteiger partial charge < -0.3 is 14.7 Å². The van der Waals surface area contributed by atoms with Crippen LogP contribution in [0.2, 0.25) is 0 Å². The van der Waals surface area contributed by atoms with Gasteiger partial charge in [0.15, 0.2) is 0 Å². The molecule has 29 heavy (non-hydrogen) atoms. The first-order valence-electron chi connectivity index (χ1n) is 10.5. The van der Waals surface area contributed by atoms with E-state index in [1.165, 1.54) is 0 Å². The van der Waals surface area contributed by atoms with Gasteiger partial charge in [0.05, 0.1) is 17.4 Å². The van der Waals surface area contributed by atoms with E-state index in [0.717, 1.165) is 51.0 Å². The van der Waals surface area contributed by atoms with Crippen LogP contribution in [-0.2, 0) is 6.54 Å². The normalized spacial score (nSPS) is 21.1. The van der Waals surface area contributed by atoms with E-state index in [4.69, 9.17) is 4.74 Å². The van der Waals surface area contributed by atoms with Gasteiger partial charge in [0.25, 0.3) is 5.91 Å². The van der Waals surface area contributed by atoms with Gasteiger partial charge in [0.1, 0.15) is 11.9 Å². The molecule has 154 valence electrons. The van der Waals surface area contributed by atoms with Crippen LogP contribution in [0.5, 0.6) is 5.75 Å². The number of hydrogen-bond acceptors (Lipinski definition) is 5. The lowest BCUT2D eigenvalue weighted by Crippen LogP contribution is -2.42. The van der Waals surface area contributed by atoms with Crippen LogP contribution in [0, 0.1) is 0 Å². The van der Waals surface area contributed by atoms with Crippen LogP contribution in [-0.4, -0.2) is 64.2 Å². The van der Waals surface area contributed by atoms with Gasteiger partial charge in [-0.2, -0.15) is 0 Å². The fourth-order valence-electron chi connectivity index (χ4n) is 4.14. The van der Waals surface area contributed by atoms with Crippen LogP contribution < -0.4 is 4.74 Å². The molecule has 1 amide bonds. The molecule has 6 nitrogen and oxygen atoms in total. The molecule has 4 rings (SSSR count).